The van der Waals surface area contributed by atoms with Crippen LogP contribution in [0.15, 0.2) is 0 Å². The second-order valence-electron chi connectivity index (χ2n) is 30.0. The molecule has 0 spiro atoms. The van der Waals surface area contributed by atoms with Crippen LogP contribution in [0.5, 0.6) is 0 Å². The van der Waals surface area contributed by atoms with Crippen LogP contribution in [0.1, 0.15) is 439 Å². The van der Waals surface area contributed by atoms with E-state index >= 15 is 0 Å². The molecule has 0 aliphatic rings. The Morgan fingerprint density at radius 1 is 0.267 bits per heavy atom. The summed E-state index contributed by atoms with van der Waals surface area (Å²) in [5.74, 6) is -1.30. The standard InChI is InChI=1S/C82H160O17P2/c1-6-9-12-15-18-21-23-25-27-29-30-35-38-42-46-51-56-61-66-80(85)93-72-78(99-82(87)68-63-58-53-48-44-40-36-32-31-33-37-41-45-49-54-59-64-75(4)5)74-97-101(90,91)95-70-76(83)69-94-100(88,89)96-73-77(71-92-79(84)65-60-55-50-20-17-14-11-8-3)98-81(86)67-62-57-52-47-43-39-34-28-26-24-22-19-16-13-10-7-2/h75-78,83H,6-74H2,1-5H3,(H,88,89)(H,90,91)/t76-,77+,78+/m0/s1. The van der Waals surface area contributed by atoms with Gasteiger partial charge in [0.2, 0.25) is 0 Å². The van der Waals surface area contributed by atoms with Gasteiger partial charge in [-0.05, 0) is 31.6 Å². The van der Waals surface area contributed by atoms with E-state index in [0.29, 0.717) is 25.7 Å². The van der Waals surface area contributed by atoms with Crippen LogP contribution in [-0.4, -0.2) is 96.7 Å². The summed E-state index contributed by atoms with van der Waals surface area (Å²) in [7, 11) is -9.92. The zero-order valence-electron chi connectivity index (χ0n) is 66.1. The number of aliphatic hydroxyl groups excluding tert-OH is 1. The van der Waals surface area contributed by atoms with Gasteiger partial charge in [0, 0.05) is 25.7 Å². The molecule has 0 aromatic carbocycles. The van der Waals surface area contributed by atoms with Crippen LogP contribution in [-0.2, 0) is 65.4 Å². The number of hydrogen-bond acceptors (Lipinski definition) is 15. The van der Waals surface area contributed by atoms with Crippen molar-refractivity contribution in [2.75, 3.05) is 39.6 Å². The molecule has 600 valence electrons. The Kier molecular flexibility index (Phi) is 73.5. The van der Waals surface area contributed by atoms with Crippen molar-refractivity contribution in [3.8, 4) is 0 Å². The molecule has 0 aromatic heterocycles. The molecular formula is C82H160O17P2. The van der Waals surface area contributed by atoms with Gasteiger partial charge in [-0.3, -0.25) is 37.3 Å². The Morgan fingerprint density at radius 3 is 0.673 bits per heavy atom. The molecule has 0 saturated carbocycles. The zero-order valence-corrected chi connectivity index (χ0v) is 67.8. The lowest BCUT2D eigenvalue weighted by Crippen LogP contribution is -2.30. The Labute approximate surface area is 619 Å². The summed E-state index contributed by atoms with van der Waals surface area (Å²) in [6.45, 7) is 7.35. The average Bonchev–Trinajstić information content (AvgIpc) is 0.944. The molecule has 17 nitrogen and oxygen atoms in total. The molecule has 3 N–H and O–H groups in total. The number of carbonyl (C=O) groups excluding carboxylic acids is 4. The lowest BCUT2D eigenvalue weighted by Gasteiger charge is -2.21. The Balaban J connectivity index is 5.20. The van der Waals surface area contributed by atoms with Gasteiger partial charge in [0.1, 0.15) is 19.3 Å². The van der Waals surface area contributed by atoms with E-state index in [4.69, 9.17) is 37.0 Å². The number of ether oxygens (including phenoxy) is 4. The van der Waals surface area contributed by atoms with E-state index in [0.717, 1.165) is 95.8 Å². The highest BCUT2D eigenvalue weighted by molar-refractivity contribution is 7.47. The SMILES string of the molecule is CCCCCCCCCCCCCCCCCCCCC(=O)OC[C@H](COP(=O)(O)OC[C@@H](O)COP(=O)(O)OC[C@@H](COC(=O)CCCCCCCCCC)OC(=O)CCCCCCCCCCCCCCCCCC)OC(=O)CCCCCCCCCCCCCCCCCCC(C)C. The number of phosphoric acid groups is 2. The number of esters is 4. The summed E-state index contributed by atoms with van der Waals surface area (Å²) < 4.78 is 68.7. The average molecular weight is 1480 g/mol. The number of rotatable bonds is 82. The third-order valence-corrected chi connectivity index (χ3v) is 21.2. The van der Waals surface area contributed by atoms with E-state index in [-0.39, 0.29) is 25.7 Å². The summed E-state index contributed by atoms with van der Waals surface area (Å²) in [5.41, 5.74) is 0. The highest BCUT2D eigenvalue weighted by atomic mass is 31.2. The van der Waals surface area contributed by atoms with Gasteiger partial charge < -0.3 is 33.8 Å². The molecule has 0 aliphatic heterocycles. The zero-order chi connectivity index (χ0) is 74.1. The molecule has 0 radical (unpaired) electrons. The monoisotopic (exact) mass is 1480 g/mol. The Hall–Kier alpha value is -1.94. The van der Waals surface area contributed by atoms with Crippen LogP contribution < -0.4 is 0 Å². The molecule has 0 fully saturated rings. The molecule has 0 heterocycles. The molecule has 0 rings (SSSR count). The fourth-order valence-corrected chi connectivity index (χ4v) is 14.3. The van der Waals surface area contributed by atoms with Crippen molar-refractivity contribution >= 4 is 39.5 Å². The van der Waals surface area contributed by atoms with E-state index in [1.807, 2.05) is 0 Å². The first kappa shape index (κ1) is 99.1. The summed E-state index contributed by atoms with van der Waals surface area (Å²) in [6, 6.07) is 0. The predicted octanol–water partition coefficient (Wildman–Crippen LogP) is 24.8. The van der Waals surface area contributed by atoms with Crippen molar-refractivity contribution in [1.82, 2.24) is 0 Å². The van der Waals surface area contributed by atoms with Crippen molar-refractivity contribution in [1.29, 1.82) is 0 Å². The topological polar surface area (TPSA) is 237 Å². The highest BCUT2D eigenvalue weighted by Crippen LogP contribution is 2.45. The van der Waals surface area contributed by atoms with Crippen LogP contribution in [0.2, 0.25) is 0 Å². The number of hydrogen-bond donors (Lipinski definition) is 3. The molecule has 0 bridgehead atoms. The minimum Gasteiger partial charge on any atom is -0.462 e. The molecule has 0 saturated heterocycles. The molecule has 0 amide bonds. The van der Waals surface area contributed by atoms with Crippen LogP contribution in [0.25, 0.3) is 0 Å². The van der Waals surface area contributed by atoms with Gasteiger partial charge in [-0.2, -0.15) is 0 Å². The van der Waals surface area contributed by atoms with Crippen molar-refractivity contribution < 1.29 is 80.2 Å². The Bertz CT molecular complexity index is 1930. The Morgan fingerprint density at radius 2 is 0.455 bits per heavy atom. The summed E-state index contributed by atoms with van der Waals surface area (Å²) in [4.78, 5) is 73.0. The smallest absolute Gasteiger partial charge is 0.462 e. The molecule has 5 atom stereocenters. The number of aliphatic hydroxyl groups is 1. The molecule has 0 aliphatic carbocycles. The van der Waals surface area contributed by atoms with E-state index in [1.54, 1.807) is 0 Å². The molecular weight excluding hydrogens is 1320 g/mol. The van der Waals surface area contributed by atoms with Crippen LogP contribution in [0.3, 0.4) is 0 Å². The fraction of sp³-hybridized carbons (Fsp3) is 0.951. The summed E-state index contributed by atoms with van der Waals surface area (Å²) in [5, 5.41) is 10.6. The first-order chi connectivity index (χ1) is 49.0. The minimum atomic E-state index is -4.96. The molecule has 0 aromatic rings. The van der Waals surface area contributed by atoms with Gasteiger partial charge in [0.15, 0.2) is 12.2 Å². The predicted molar refractivity (Wildman–Crippen MR) is 414 cm³/mol. The largest absolute Gasteiger partial charge is 0.472 e. The minimum absolute atomic E-state index is 0.109. The van der Waals surface area contributed by atoms with Crippen molar-refractivity contribution in [2.45, 2.75) is 457 Å². The lowest BCUT2D eigenvalue weighted by molar-refractivity contribution is -0.161. The van der Waals surface area contributed by atoms with E-state index in [1.165, 1.54) is 263 Å². The fourth-order valence-electron chi connectivity index (χ4n) is 12.8. The van der Waals surface area contributed by atoms with Gasteiger partial charge in [-0.25, -0.2) is 9.13 Å². The van der Waals surface area contributed by atoms with E-state index in [2.05, 4.69) is 34.6 Å². The van der Waals surface area contributed by atoms with Gasteiger partial charge in [-0.1, -0.05) is 388 Å². The maximum atomic E-state index is 13.1. The van der Waals surface area contributed by atoms with Gasteiger partial charge in [0.25, 0.3) is 0 Å². The van der Waals surface area contributed by atoms with Crippen LogP contribution >= 0.6 is 15.6 Å². The molecule has 2 unspecified atom stereocenters. The lowest BCUT2D eigenvalue weighted by atomic mass is 10.0. The first-order valence-corrected chi connectivity index (χ1v) is 45.6. The third-order valence-electron chi connectivity index (χ3n) is 19.3. The first-order valence-electron chi connectivity index (χ1n) is 42.6. The second kappa shape index (κ2) is 74.9. The summed E-state index contributed by atoms with van der Waals surface area (Å²) >= 11 is 0. The maximum absolute atomic E-state index is 13.1. The normalized spacial score (nSPS) is 13.8. The van der Waals surface area contributed by atoms with Crippen LogP contribution in [0, 0.1) is 5.92 Å². The van der Waals surface area contributed by atoms with Gasteiger partial charge in [-0.15, -0.1) is 0 Å². The number of carbonyl (C=O) groups is 4. The van der Waals surface area contributed by atoms with Crippen molar-refractivity contribution in [3.63, 3.8) is 0 Å². The van der Waals surface area contributed by atoms with Gasteiger partial charge in [0.05, 0.1) is 26.4 Å². The third kappa shape index (κ3) is 76.1. The van der Waals surface area contributed by atoms with E-state index < -0.39 is 97.5 Å². The second-order valence-corrected chi connectivity index (χ2v) is 32.9. The van der Waals surface area contributed by atoms with Crippen molar-refractivity contribution in [2.24, 2.45) is 5.92 Å². The molecule has 19 heteroatoms. The van der Waals surface area contributed by atoms with Crippen molar-refractivity contribution in [3.05, 3.63) is 0 Å². The quantitative estimate of drug-likeness (QED) is 0.0222. The summed E-state index contributed by atoms with van der Waals surface area (Å²) in [6.07, 6.45) is 66.7. The molecule has 101 heavy (non-hydrogen) atoms. The highest BCUT2D eigenvalue weighted by Gasteiger charge is 2.30. The maximum Gasteiger partial charge on any atom is 0.472 e. The number of unbranched alkanes of at least 4 members (excludes halogenated alkanes) is 54. The number of phosphoric ester groups is 2. The van der Waals surface area contributed by atoms with Crippen LogP contribution in [0.4, 0.5) is 0 Å². The van der Waals surface area contributed by atoms with Gasteiger partial charge >= 0.3 is 39.5 Å². The van der Waals surface area contributed by atoms with E-state index in [9.17, 15) is 43.2 Å².